The van der Waals surface area contributed by atoms with Gasteiger partial charge in [-0.15, -0.1) is 10.2 Å². The highest BCUT2D eigenvalue weighted by molar-refractivity contribution is 9.10. The Kier molecular flexibility index (Phi) is 5.05. The summed E-state index contributed by atoms with van der Waals surface area (Å²) >= 11 is 5.20. The van der Waals surface area contributed by atoms with Crippen molar-refractivity contribution in [3.05, 3.63) is 40.1 Å². The van der Waals surface area contributed by atoms with Gasteiger partial charge in [-0.05, 0) is 31.5 Å². The predicted octanol–water partition coefficient (Wildman–Crippen LogP) is 4.48. The van der Waals surface area contributed by atoms with Crippen molar-refractivity contribution in [3.8, 4) is 0 Å². The molecule has 0 aliphatic rings. The summed E-state index contributed by atoms with van der Waals surface area (Å²) in [5.74, 6) is 1.98. The van der Waals surface area contributed by atoms with Crippen LogP contribution < -0.4 is 0 Å². The summed E-state index contributed by atoms with van der Waals surface area (Å²) in [6.45, 7) is 6.46. The number of thioether (sulfide) groups is 1. The zero-order chi connectivity index (χ0) is 13.8. The molecule has 0 spiro atoms. The highest BCUT2D eigenvalue weighted by Crippen LogP contribution is 2.25. The molecule has 0 radical (unpaired) electrons. The number of aromatic nitrogens is 3. The fourth-order valence-electron chi connectivity index (χ4n) is 1.89. The first kappa shape index (κ1) is 14.6. The molecule has 0 aliphatic carbocycles. The van der Waals surface area contributed by atoms with Gasteiger partial charge in [0.15, 0.2) is 5.16 Å². The Labute approximate surface area is 126 Å². The molecule has 1 heterocycles. The molecular formula is C14H18BrN3S. The topological polar surface area (TPSA) is 30.7 Å². The molecule has 0 bridgehead atoms. The largest absolute Gasteiger partial charge is 0.303 e. The Balaban J connectivity index is 2.11. The van der Waals surface area contributed by atoms with E-state index >= 15 is 0 Å². The van der Waals surface area contributed by atoms with Crippen LogP contribution in [0.25, 0.3) is 0 Å². The van der Waals surface area contributed by atoms with Gasteiger partial charge >= 0.3 is 0 Å². The zero-order valence-corrected chi connectivity index (χ0v) is 13.8. The molecule has 5 heteroatoms. The third-order valence-electron chi connectivity index (χ3n) is 2.85. The van der Waals surface area contributed by atoms with Crippen molar-refractivity contribution in [3.63, 3.8) is 0 Å². The maximum Gasteiger partial charge on any atom is 0.191 e. The van der Waals surface area contributed by atoms with Gasteiger partial charge in [0.05, 0.1) is 0 Å². The van der Waals surface area contributed by atoms with Crippen molar-refractivity contribution < 1.29 is 0 Å². The van der Waals surface area contributed by atoms with Crippen LogP contribution >= 0.6 is 27.7 Å². The summed E-state index contributed by atoms with van der Waals surface area (Å²) in [5, 5.41) is 9.58. The number of rotatable bonds is 5. The Morgan fingerprint density at radius 3 is 2.47 bits per heavy atom. The number of hydrogen-bond donors (Lipinski definition) is 0. The van der Waals surface area contributed by atoms with Crippen molar-refractivity contribution in [1.29, 1.82) is 0 Å². The molecule has 19 heavy (non-hydrogen) atoms. The van der Waals surface area contributed by atoms with Gasteiger partial charge in [0.2, 0.25) is 0 Å². The molecular weight excluding hydrogens is 322 g/mol. The number of benzene rings is 1. The number of hydrogen-bond acceptors (Lipinski definition) is 3. The van der Waals surface area contributed by atoms with Crippen molar-refractivity contribution >= 4 is 27.7 Å². The molecule has 0 unspecified atom stereocenters. The van der Waals surface area contributed by atoms with Gasteiger partial charge in [-0.2, -0.15) is 0 Å². The fraction of sp³-hybridized carbons (Fsp3) is 0.429. The first-order chi connectivity index (χ1) is 9.11. The maximum absolute atomic E-state index is 4.31. The first-order valence-corrected chi connectivity index (χ1v) is 8.20. The third-order valence-corrected chi connectivity index (χ3v) is 4.39. The van der Waals surface area contributed by atoms with Crippen molar-refractivity contribution in [1.82, 2.24) is 14.8 Å². The molecule has 0 fully saturated rings. The zero-order valence-electron chi connectivity index (χ0n) is 11.4. The normalized spacial score (nSPS) is 11.2. The van der Waals surface area contributed by atoms with Crippen LogP contribution in [0.2, 0.25) is 0 Å². The highest BCUT2D eigenvalue weighted by atomic mass is 79.9. The van der Waals surface area contributed by atoms with E-state index in [9.17, 15) is 0 Å². The molecule has 102 valence electrons. The number of halogens is 1. The Morgan fingerprint density at radius 2 is 1.89 bits per heavy atom. The monoisotopic (exact) mass is 339 g/mol. The van der Waals surface area contributed by atoms with Crippen LogP contribution in [0, 0.1) is 0 Å². The van der Waals surface area contributed by atoms with Gasteiger partial charge in [0, 0.05) is 22.7 Å². The summed E-state index contributed by atoms with van der Waals surface area (Å²) in [4.78, 5) is 0. The van der Waals surface area contributed by atoms with E-state index in [1.54, 1.807) is 11.8 Å². The number of aryl methyl sites for hydroxylation is 1. The van der Waals surface area contributed by atoms with E-state index in [2.05, 4.69) is 75.7 Å². The lowest BCUT2D eigenvalue weighted by Crippen LogP contribution is -2.07. The van der Waals surface area contributed by atoms with Gasteiger partial charge in [-0.1, -0.05) is 46.7 Å². The van der Waals surface area contributed by atoms with E-state index in [0.29, 0.717) is 6.04 Å². The second-order valence-corrected chi connectivity index (χ2v) is 6.49. The molecule has 0 amide bonds. The van der Waals surface area contributed by atoms with Crippen LogP contribution in [0.3, 0.4) is 0 Å². The molecule has 2 rings (SSSR count). The fourth-order valence-corrected chi connectivity index (χ4v) is 3.20. The van der Waals surface area contributed by atoms with Crippen molar-refractivity contribution in [2.75, 3.05) is 0 Å². The summed E-state index contributed by atoms with van der Waals surface area (Å²) < 4.78 is 3.34. The van der Waals surface area contributed by atoms with Crippen LogP contribution in [-0.2, 0) is 12.2 Å². The van der Waals surface area contributed by atoms with E-state index in [1.807, 2.05) is 0 Å². The summed E-state index contributed by atoms with van der Waals surface area (Å²) in [6.07, 6.45) is 0.921. The molecule has 3 nitrogen and oxygen atoms in total. The highest BCUT2D eigenvalue weighted by Gasteiger charge is 2.13. The van der Waals surface area contributed by atoms with Crippen LogP contribution in [-0.4, -0.2) is 14.8 Å². The first-order valence-electron chi connectivity index (χ1n) is 6.42. The quantitative estimate of drug-likeness (QED) is 0.752. The van der Waals surface area contributed by atoms with Gasteiger partial charge in [-0.25, -0.2) is 0 Å². The van der Waals surface area contributed by atoms with Crippen molar-refractivity contribution in [2.45, 2.75) is 44.1 Å². The molecule has 1 aromatic heterocycles. The minimum Gasteiger partial charge on any atom is -0.303 e. The predicted molar refractivity (Wildman–Crippen MR) is 83.5 cm³/mol. The SMILES string of the molecule is CCc1nnc(SCc2ccc(Br)cc2)n1C(C)C. The lowest BCUT2D eigenvalue weighted by Gasteiger charge is -2.12. The van der Waals surface area contributed by atoms with Gasteiger partial charge in [0.25, 0.3) is 0 Å². The van der Waals surface area contributed by atoms with Crippen LogP contribution in [0.5, 0.6) is 0 Å². The Hall–Kier alpha value is -0.810. The van der Waals surface area contributed by atoms with E-state index in [1.165, 1.54) is 5.56 Å². The standard InChI is InChI=1S/C14H18BrN3S/c1-4-13-16-17-14(18(13)10(2)3)19-9-11-5-7-12(15)8-6-11/h5-8,10H,4,9H2,1-3H3. The lowest BCUT2D eigenvalue weighted by molar-refractivity contribution is 0.528. The Morgan fingerprint density at radius 1 is 1.21 bits per heavy atom. The number of nitrogens with zero attached hydrogens (tertiary/aromatic N) is 3. The smallest absolute Gasteiger partial charge is 0.191 e. The van der Waals surface area contributed by atoms with Crippen molar-refractivity contribution in [2.24, 2.45) is 0 Å². The lowest BCUT2D eigenvalue weighted by atomic mass is 10.2. The summed E-state index contributed by atoms with van der Waals surface area (Å²) in [6, 6.07) is 8.81. The van der Waals surface area contributed by atoms with E-state index in [0.717, 1.165) is 27.6 Å². The minimum atomic E-state index is 0.400. The third kappa shape index (κ3) is 3.60. The van der Waals surface area contributed by atoms with E-state index in [4.69, 9.17) is 0 Å². The maximum atomic E-state index is 4.31. The average molecular weight is 340 g/mol. The molecule has 0 aliphatic heterocycles. The van der Waals surface area contributed by atoms with Gasteiger partial charge in [-0.3, -0.25) is 0 Å². The second kappa shape index (κ2) is 6.57. The van der Waals surface area contributed by atoms with Gasteiger partial charge < -0.3 is 4.57 Å². The molecule has 0 N–H and O–H groups in total. The Bertz CT molecular complexity index is 534. The average Bonchev–Trinajstić information content (AvgIpc) is 2.81. The van der Waals surface area contributed by atoms with Gasteiger partial charge in [0.1, 0.15) is 5.82 Å². The van der Waals surface area contributed by atoms with Crippen LogP contribution in [0.1, 0.15) is 38.2 Å². The molecule has 1 aromatic carbocycles. The van der Waals surface area contributed by atoms with Crippen LogP contribution in [0.4, 0.5) is 0 Å². The minimum absolute atomic E-state index is 0.400. The molecule has 0 saturated carbocycles. The summed E-state index contributed by atoms with van der Waals surface area (Å²) in [7, 11) is 0. The van der Waals surface area contributed by atoms with Crippen LogP contribution in [0.15, 0.2) is 33.9 Å². The molecule has 0 atom stereocenters. The molecule has 2 aromatic rings. The summed E-state index contributed by atoms with van der Waals surface area (Å²) in [5.41, 5.74) is 1.30. The molecule has 0 saturated heterocycles. The second-order valence-electron chi connectivity index (χ2n) is 4.63. The van der Waals surface area contributed by atoms with E-state index < -0.39 is 0 Å². The van der Waals surface area contributed by atoms with E-state index in [-0.39, 0.29) is 0 Å².